The highest BCUT2D eigenvalue weighted by molar-refractivity contribution is 5.77. The van der Waals surface area contributed by atoms with E-state index in [0.717, 1.165) is 19.5 Å². The molecule has 7 nitrogen and oxygen atoms in total. The fourth-order valence-electron chi connectivity index (χ4n) is 2.45. The zero-order chi connectivity index (χ0) is 14.7. The van der Waals surface area contributed by atoms with E-state index < -0.39 is 0 Å². The summed E-state index contributed by atoms with van der Waals surface area (Å²) in [6.07, 6.45) is 1.17. The molecule has 1 aliphatic heterocycles. The minimum absolute atomic E-state index is 0.0643. The molecular formula is C14H17N5O2. The summed E-state index contributed by atoms with van der Waals surface area (Å²) in [5.41, 5.74) is 0.358. The number of nitrogens with zero attached hydrogens (tertiary/aromatic N) is 3. The maximum absolute atomic E-state index is 12.2. The first-order valence-electron chi connectivity index (χ1n) is 7.06. The second kappa shape index (κ2) is 6.01. The molecule has 110 valence electrons. The Bertz CT molecular complexity index is 706. The first-order chi connectivity index (χ1) is 10.2. The van der Waals surface area contributed by atoms with E-state index in [-0.39, 0.29) is 30.5 Å². The topological polar surface area (TPSA) is 88.9 Å². The van der Waals surface area contributed by atoms with Crippen LogP contribution < -0.4 is 16.2 Å². The molecule has 0 aliphatic carbocycles. The number of aromatic nitrogens is 3. The van der Waals surface area contributed by atoms with Crippen molar-refractivity contribution in [3.05, 3.63) is 34.6 Å². The maximum Gasteiger partial charge on any atom is 0.277 e. The highest BCUT2D eigenvalue weighted by atomic mass is 16.2. The van der Waals surface area contributed by atoms with Crippen LogP contribution in [0, 0.1) is 0 Å². The quantitative estimate of drug-likeness (QED) is 0.803. The van der Waals surface area contributed by atoms with Gasteiger partial charge in [-0.2, -0.15) is 0 Å². The van der Waals surface area contributed by atoms with E-state index in [1.807, 2.05) is 6.07 Å². The number of carbonyl (C=O) groups is 1. The molecule has 2 aromatic rings. The van der Waals surface area contributed by atoms with Gasteiger partial charge in [0.25, 0.3) is 5.56 Å². The molecule has 1 aliphatic rings. The second-order valence-corrected chi connectivity index (χ2v) is 5.14. The van der Waals surface area contributed by atoms with E-state index >= 15 is 0 Å². The average molecular weight is 287 g/mol. The fraction of sp³-hybridized carbons (Fsp3) is 0.429. The number of fused-ring (bicyclic) bond motifs is 1. The van der Waals surface area contributed by atoms with Crippen molar-refractivity contribution in [3.8, 4) is 0 Å². The molecule has 1 atom stereocenters. The number of amides is 1. The zero-order valence-electron chi connectivity index (χ0n) is 11.6. The molecule has 0 radical (unpaired) electrons. The average Bonchev–Trinajstić information content (AvgIpc) is 3.00. The van der Waals surface area contributed by atoms with E-state index in [1.165, 1.54) is 4.68 Å². The molecule has 1 unspecified atom stereocenters. The van der Waals surface area contributed by atoms with Crippen LogP contribution in [0.4, 0.5) is 0 Å². The summed E-state index contributed by atoms with van der Waals surface area (Å²) in [6, 6.07) is 7.25. The van der Waals surface area contributed by atoms with Gasteiger partial charge in [0.2, 0.25) is 5.91 Å². The van der Waals surface area contributed by atoms with Gasteiger partial charge in [-0.25, -0.2) is 4.68 Å². The summed E-state index contributed by atoms with van der Waals surface area (Å²) in [7, 11) is 0. The molecule has 1 fully saturated rings. The smallest absolute Gasteiger partial charge is 0.277 e. The van der Waals surface area contributed by atoms with Gasteiger partial charge in [-0.05, 0) is 25.1 Å². The van der Waals surface area contributed by atoms with Crippen LogP contribution >= 0.6 is 0 Å². The molecule has 0 saturated carbocycles. The van der Waals surface area contributed by atoms with E-state index in [1.54, 1.807) is 18.2 Å². The van der Waals surface area contributed by atoms with Gasteiger partial charge < -0.3 is 10.6 Å². The van der Waals surface area contributed by atoms with Crippen LogP contribution in [0.15, 0.2) is 29.1 Å². The van der Waals surface area contributed by atoms with Crippen molar-refractivity contribution in [3.63, 3.8) is 0 Å². The van der Waals surface area contributed by atoms with Crippen molar-refractivity contribution >= 4 is 16.8 Å². The highest BCUT2D eigenvalue weighted by Gasteiger charge is 2.16. The van der Waals surface area contributed by atoms with Crippen molar-refractivity contribution in [1.82, 2.24) is 25.6 Å². The van der Waals surface area contributed by atoms with Crippen molar-refractivity contribution < 1.29 is 4.79 Å². The minimum Gasteiger partial charge on any atom is -0.352 e. The highest BCUT2D eigenvalue weighted by Crippen LogP contribution is 2.03. The van der Waals surface area contributed by atoms with Crippen LogP contribution in [0.2, 0.25) is 0 Å². The molecule has 2 heterocycles. The predicted octanol–water partition coefficient (Wildman–Crippen LogP) is -0.340. The number of aryl methyl sites for hydroxylation is 1. The summed E-state index contributed by atoms with van der Waals surface area (Å²) in [4.78, 5) is 24.0. The number of rotatable bonds is 4. The third-order valence-electron chi connectivity index (χ3n) is 3.61. The van der Waals surface area contributed by atoms with Gasteiger partial charge in [-0.3, -0.25) is 9.59 Å². The summed E-state index contributed by atoms with van der Waals surface area (Å²) >= 11 is 0. The fourth-order valence-corrected chi connectivity index (χ4v) is 2.45. The lowest BCUT2D eigenvalue weighted by molar-refractivity contribution is -0.121. The Morgan fingerprint density at radius 1 is 1.43 bits per heavy atom. The van der Waals surface area contributed by atoms with Crippen molar-refractivity contribution in [2.75, 3.05) is 13.1 Å². The monoisotopic (exact) mass is 287 g/mol. The number of benzene rings is 1. The van der Waals surface area contributed by atoms with Gasteiger partial charge in [0.1, 0.15) is 5.52 Å². The molecule has 0 bridgehead atoms. The predicted molar refractivity (Wildman–Crippen MR) is 77.8 cm³/mol. The van der Waals surface area contributed by atoms with Crippen LogP contribution in [0.25, 0.3) is 10.9 Å². The Morgan fingerprint density at radius 3 is 3.10 bits per heavy atom. The molecule has 1 amide bonds. The van der Waals surface area contributed by atoms with Crippen LogP contribution in [0.3, 0.4) is 0 Å². The molecule has 7 heteroatoms. The summed E-state index contributed by atoms with van der Waals surface area (Å²) in [5.74, 6) is -0.0643. The van der Waals surface area contributed by atoms with Gasteiger partial charge >= 0.3 is 0 Å². The molecule has 0 spiro atoms. The number of hydrogen-bond donors (Lipinski definition) is 2. The standard InChI is InChI=1S/C14H17N5O2/c20-13(16-10-5-7-15-9-10)6-8-19-14(21)11-3-1-2-4-12(11)17-18-19/h1-4,10,15H,5-9H2,(H,16,20). The Balaban J connectivity index is 1.66. The van der Waals surface area contributed by atoms with Gasteiger partial charge in [-0.1, -0.05) is 17.3 Å². The van der Waals surface area contributed by atoms with E-state index in [9.17, 15) is 9.59 Å². The Morgan fingerprint density at radius 2 is 2.29 bits per heavy atom. The lowest BCUT2D eigenvalue weighted by atomic mass is 10.2. The van der Waals surface area contributed by atoms with Crippen molar-refractivity contribution in [1.29, 1.82) is 0 Å². The van der Waals surface area contributed by atoms with E-state index in [0.29, 0.717) is 10.9 Å². The van der Waals surface area contributed by atoms with Gasteiger partial charge in [0.05, 0.1) is 11.9 Å². The second-order valence-electron chi connectivity index (χ2n) is 5.14. The Kier molecular flexibility index (Phi) is 3.92. The number of nitrogens with one attached hydrogen (secondary N) is 2. The van der Waals surface area contributed by atoms with E-state index in [2.05, 4.69) is 20.9 Å². The van der Waals surface area contributed by atoms with Crippen LogP contribution in [-0.4, -0.2) is 40.0 Å². The zero-order valence-corrected chi connectivity index (χ0v) is 11.6. The largest absolute Gasteiger partial charge is 0.352 e. The van der Waals surface area contributed by atoms with Crippen molar-refractivity contribution in [2.45, 2.75) is 25.4 Å². The van der Waals surface area contributed by atoms with Crippen molar-refractivity contribution in [2.24, 2.45) is 0 Å². The summed E-state index contributed by atoms with van der Waals surface area (Å²) in [5, 5.41) is 14.5. The molecule has 2 N–H and O–H groups in total. The lowest BCUT2D eigenvalue weighted by Gasteiger charge is -2.11. The third kappa shape index (κ3) is 3.08. The SMILES string of the molecule is O=C(CCn1nnc2ccccc2c1=O)NC1CCNC1. The number of carbonyl (C=O) groups excluding carboxylic acids is 1. The van der Waals surface area contributed by atoms with Gasteiger partial charge in [-0.15, -0.1) is 5.10 Å². The first-order valence-corrected chi connectivity index (χ1v) is 7.06. The molecule has 21 heavy (non-hydrogen) atoms. The Hall–Kier alpha value is -2.28. The van der Waals surface area contributed by atoms with E-state index in [4.69, 9.17) is 0 Å². The number of hydrogen-bond acceptors (Lipinski definition) is 5. The van der Waals surface area contributed by atoms with Crippen LogP contribution in [0.5, 0.6) is 0 Å². The minimum atomic E-state index is -0.212. The van der Waals surface area contributed by atoms with Crippen LogP contribution in [-0.2, 0) is 11.3 Å². The molecule has 1 aromatic carbocycles. The Labute approximate surface area is 121 Å². The first kappa shape index (κ1) is 13.7. The molecule has 1 saturated heterocycles. The molecular weight excluding hydrogens is 270 g/mol. The lowest BCUT2D eigenvalue weighted by Crippen LogP contribution is -2.37. The summed E-state index contributed by atoms with van der Waals surface area (Å²) < 4.78 is 1.24. The third-order valence-corrected chi connectivity index (χ3v) is 3.61. The van der Waals surface area contributed by atoms with Gasteiger partial charge in [0.15, 0.2) is 0 Å². The van der Waals surface area contributed by atoms with Crippen LogP contribution in [0.1, 0.15) is 12.8 Å². The molecule has 1 aromatic heterocycles. The summed E-state index contributed by atoms with van der Waals surface area (Å²) in [6.45, 7) is 1.98. The molecule has 3 rings (SSSR count). The normalized spacial score (nSPS) is 18.0. The van der Waals surface area contributed by atoms with Gasteiger partial charge in [0, 0.05) is 19.0 Å². The maximum atomic E-state index is 12.2.